The van der Waals surface area contributed by atoms with Crippen molar-refractivity contribution < 1.29 is 17.2 Å². The number of rotatable bonds is 1. The molecule has 0 bridgehead atoms. The van der Waals surface area contributed by atoms with Crippen molar-refractivity contribution in [1.82, 2.24) is 0 Å². The van der Waals surface area contributed by atoms with Crippen LogP contribution in [-0.2, 0) is 10.0 Å². The number of primary sulfonamides is 1. The summed E-state index contributed by atoms with van der Waals surface area (Å²) < 4.78 is 46.7. The normalized spacial score (nSPS) is 11.7. The zero-order valence-electron chi connectivity index (χ0n) is 6.09. The lowest BCUT2D eigenvalue weighted by Gasteiger charge is -2.02. The highest BCUT2D eigenvalue weighted by Crippen LogP contribution is 2.24. The molecule has 0 saturated heterocycles. The standard InChI is InChI=1S/C6H4ClF2NO2S/c7-4-1-3(8)2-5(9)6(4)13(10,11)12/h1-2H,(H2,10,11,12). The van der Waals surface area contributed by atoms with Crippen LogP contribution in [-0.4, -0.2) is 8.42 Å². The molecule has 13 heavy (non-hydrogen) atoms. The SMILES string of the molecule is NS(=O)(=O)c1c(F)cc(F)cc1Cl. The van der Waals surface area contributed by atoms with E-state index in [1.54, 1.807) is 0 Å². The van der Waals surface area contributed by atoms with Crippen LogP contribution < -0.4 is 5.14 Å². The van der Waals surface area contributed by atoms with Gasteiger partial charge in [-0.2, -0.15) is 0 Å². The fourth-order valence-electron chi connectivity index (χ4n) is 0.801. The van der Waals surface area contributed by atoms with Crippen LogP contribution in [0.4, 0.5) is 8.78 Å². The third-order valence-corrected chi connectivity index (χ3v) is 2.64. The molecule has 0 aliphatic carbocycles. The summed E-state index contributed by atoms with van der Waals surface area (Å²) in [6, 6.07) is 1.07. The molecule has 0 saturated carbocycles. The lowest BCUT2D eigenvalue weighted by atomic mass is 10.3. The first-order valence-electron chi connectivity index (χ1n) is 2.99. The molecule has 0 aromatic heterocycles. The number of halogens is 3. The van der Waals surface area contributed by atoms with E-state index in [-0.39, 0.29) is 0 Å². The Morgan fingerprint density at radius 1 is 1.31 bits per heavy atom. The molecule has 1 rings (SSSR count). The summed E-state index contributed by atoms with van der Waals surface area (Å²) in [7, 11) is -4.25. The van der Waals surface area contributed by atoms with Crippen molar-refractivity contribution in [3.05, 3.63) is 28.8 Å². The maximum Gasteiger partial charge on any atom is 0.242 e. The van der Waals surface area contributed by atoms with Gasteiger partial charge < -0.3 is 0 Å². The van der Waals surface area contributed by atoms with Crippen LogP contribution in [0.2, 0.25) is 5.02 Å². The van der Waals surface area contributed by atoms with Gasteiger partial charge in [0.25, 0.3) is 0 Å². The molecule has 0 radical (unpaired) electrons. The molecule has 3 nitrogen and oxygen atoms in total. The second kappa shape index (κ2) is 3.21. The second-order valence-electron chi connectivity index (χ2n) is 2.24. The molecule has 72 valence electrons. The van der Waals surface area contributed by atoms with Crippen LogP contribution in [0.25, 0.3) is 0 Å². The molecule has 2 N–H and O–H groups in total. The number of benzene rings is 1. The number of hydrogen-bond donors (Lipinski definition) is 1. The van der Waals surface area contributed by atoms with Crippen molar-refractivity contribution in [2.45, 2.75) is 4.90 Å². The Morgan fingerprint density at radius 2 is 1.85 bits per heavy atom. The van der Waals surface area contributed by atoms with Crippen LogP contribution in [0.1, 0.15) is 0 Å². The van der Waals surface area contributed by atoms with E-state index in [0.29, 0.717) is 12.1 Å². The number of sulfonamides is 1. The van der Waals surface area contributed by atoms with Gasteiger partial charge in [0.15, 0.2) is 0 Å². The van der Waals surface area contributed by atoms with Crippen molar-refractivity contribution in [2.24, 2.45) is 5.14 Å². The molecule has 0 atom stereocenters. The highest BCUT2D eigenvalue weighted by molar-refractivity contribution is 7.89. The average Bonchev–Trinajstić information content (AvgIpc) is 1.78. The van der Waals surface area contributed by atoms with Crippen LogP contribution in [0.5, 0.6) is 0 Å². The predicted octanol–water partition coefficient (Wildman–Crippen LogP) is 1.27. The van der Waals surface area contributed by atoms with Gasteiger partial charge in [-0.15, -0.1) is 0 Å². The van der Waals surface area contributed by atoms with E-state index in [1.807, 2.05) is 0 Å². The molecule has 1 aromatic rings. The zero-order valence-corrected chi connectivity index (χ0v) is 7.66. The van der Waals surface area contributed by atoms with E-state index in [1.165, 1.54) is 0 Å². The monoisotopic (exact) mass is 227 g/mol. The van der Waals surface area contributed by atoms with Crippen LogP contribution in [0.15, 0.2) is 17.0 Å². The molecule has 7 heteroatoms. The second-order valence-corrected chi connectivity index (χ2v) is 4.15. The van der Waals surface area contributed by atoms with E-state index in [0.717, 1.165) is 0 Å². The molecule has 0 unspecified atom stereocenters. The van der Waals surface area contributed by atoms with Crippen molar-refractivity contribution in [1.29, 1.82) is 0 Å². The molecular formula is C6H4ClF2NO2S. The maximum absolute atomic E-state index is 12.8. The molecule has 0 amide bonds. The average molecular weight is 228 g/mol. The highest BCUT2D eigenvalue weighted by atomic mass is 35.5. The van der Waals surface area contributed by atoms with Crippen LogP contribution in [0, 0.1) is 11.6 Å². The summed E-state index contributed by atoms with van der Waals surface area (Å²) in [4.78, 5) is -0.893. The van der Waals surface area contributed by atoms with Crippen LogP contribution >= 0.6 is 11.6 Å². The van der Waals surface area contributed by atoms with E-state index < -0.39 is 31.6 Å². The molecule has 0 fully saturated rings. The Balaban J connectivity index is 3.57. The van der Waals surface area contributed by atoms with Crippen molar-refractivity contribution in [2.75, 3.05) is 0 Å². The lowest BCUT2D eigenvalue weighted by molar-refractivity contribution is 0.550. The fourth-order valence-corrected chi connectivity index (χ4v) is 1.98. The fraction of sp³-hybridized carbons (Fsp3) is 0. The summed E-state index contributed by atoms with van der Waals surface area (Å²) >= 11 is 5.28. The predicted molar refractivity (Wildman–Crippen MR) is 42.7 cm³/mol. The zero-order chi connectivity index (χ0) is 10.2. The molecular weight excluding hydrogens is 224 g/mol. The summed E-state index contributed by atoms with van der Waals surface area (Å²) in [5.41, 5.74) is 0. The first-order valence-corrected chi connectivity index (χ1v) is 4.92. The Morgan fingerprint density at radius 3 is 2.23 bits per heavy atom. The van der Waals surface area contributed by atoms with Crippen molar-refractivity contribution >= 4 is 21.6 Å². The van der Waals surface area contributed by atoms with Crippen LogP contribution in [0.3, 0.4) is 0 Å². The third kappa shape index (κ3) is 2.15. The van der Waals surface area contributed by atoms with E-state index in [4.69, 9.17) is 11.6 Å². The number of nitrogens with two attached hydrogens (primary N) is 1. The largest absolute Gasteiger partial charge is 0.242 e. The first-order chi connectivity index (χ1) is 5.82. The third-order valence-electron chi connectivity index (χ3n) is 1.25. The molecule has 1 aromatic carbocycles. The van der Waals surface area contributed by atoms with E-state index in [2.05, 4.69) is 5.14 Å². The Bertz CT molecular complexity index is 423. The minimum atomic E-state index is -4.25. The van der Waals surface area contributed by atoms with Gasteiger partial charge in [0, 0.05) is 6.07 Å². The summed E-state index contributed by atoms with van der Waals surface area (Å²) in [6.07, 6.45) is 0. The Hall–Kier alpha value is -0.720. The summed E-state index contributed by atoms with van der Waals surface area (Å²) in [5.74, 6) is -2.26. The van der Waals surface area contributed by atoms with Crippen molar-refractivity contribution in [3.63, 3.8) is 0 Å². The van der Waals surface area contributed by atoms with Gasteiger partial charge in [-0.3, -0.25) is 0 Å². The minimum Gasteiger partial charge on any atom is -0.224 e. The summed E-state index contributed by atoms with van der Waals surface area (Å²) in [5, 5.41) is 4.06. The van der Waals surface area contributed by atoms with Crippen molar-refractivity contribution in [3.8, 4) is 0 Å². The quantitative estimate of drug-likeness (QED) is 0.785. The van der Waals surface area contributed by atoms with E-state index in [9.17, 15) is 17.2 Å². The maximum atomic E-state index is 12.8. The lowest BCUT2D eigenvalue weighted by Crippen LogP contribution is -2.14. The highest BCUT2D eigenvalue weighted by Gasteiger charge is 2.19. The number of hydrogen-bond acceptors (Lipinski definition) is 2. The molecule has 0 aliphatic rings. The molecule has 0 heterocycles. The minimum absolute atomic E-state index is 0.394. The van der Waals surface area contributed by atoms with Gasteiger partial charge >= 0.3 is 0 Å². The van der Waals surface area contributed by atoms with Gasteiger partial charge in [0.05, 0.1) is 5.02 Å². The smallest absolute Gasteiger partial charge is 0.224 e. The Kier molecular flexibility index (Phi) is 2.56. The van der Waals surface area contributed by atoms with Gasteiger partial charge in [0.1, 0.15) is 16.5 Å². The molecule has 0 spiro atoms. The van der Waals surface area contributed by atoms with Gasteiger partial charge in [-0.05, 0) is 6.07 Å². The Labute approximate surface area is 78.2 Å². The summed E-state index contributed by atoms with van der Waals surface area (Å²) in [6.45, 7) is 0. The topological polar surface area (TPSA) is 60.2 Å². The van der Waals surface area contributed by atoms with E-state index >= 15 is 0 Å². The van der Waals surface area contributed by atoms with Gasteiger partial charge in [-0.25, -0.2) is 22.3 Å². The van der Waals surface area contributed by atoms with Gasteiger partial charge in [-0.1, -0.05) is 11.6 Å². The van der Waals surface area contributed by atoms with Gasteiger partial charge in [0.2, 0.25) is 10.0 Å². The first kappa shape index (κ1) is 10.4. The molecule has 0 aliphatic heterocycles.